The minimum absolute atomic E-state index is 0.327. The predicted molar refractivity (Wildman–Crippen MR) is 53.7 cm³/mol. The highest BCUT2D eigenvalue weighted by Gasteiger charge is 2.28. The average Bonchev–Trinajstić information content (AvgIpc) is 2.58. The maximum Gasteiger partial charge on any atom is 0.406 e. The minimum atomic E-state index is -4.24. The van der Waals surface area contributed by atoms with Crippen LogP contribution in [0.15, 0.2) is 24.5 Å². The lowest BCUT2D eigenvalue weighted by atomic mass is 10.2. The second-order valence-electron chi connectivity index (χ2n) is 3.52. The molecule has 2 aromatic heterocycles. The van der Waals surface area contributed by atoms with E-state index in [4.69, 9.17) is 5.73 Å². The van der Waals surface area contributed by atoms with E-state index in [2.05, 4.69) is 4.98 Å². The summed E-state index contributed by atoms with van der Waals surface area (Å²) >= 11 is 0. The van der Waals surface area contributed by atoms with Crippen molar-refractivity contribution in [3.8, 4) is 0 Å². The molecule has 3 nitrogen and oxygen atoms in total. The highest BCUT2D eigenvalue weighted by Crippen LogP contribution is 2.21. The van der Waals surface area contributed by atoms with E-state index in [-0.39, 0.29) is 0 Å². The van der Waals surface area contributed by atoms with Gasteiger partial charge >= 0.3 is 6.18 Å². The highest BCUT2D eigenvalue weighted by molar-refractivity contribution is 5.76. The van der Waals surface area contributed by atoms with Gasteiger partial charge in [-0.3, -0.25) is 0 Å². The van der Waals surface area contributed by atoms with Gasteiger partial charge in [0.25, 0.3) is 0 Å². The molecule has 2 heterocycles. The smallest absolute Gasteiger partial charge is 0.326 e. The minimum Gasteiger partial charge on any atom is -0.326 e. The Morgan fingerprint density at radius 2 is 2.12 bits per heavy atom. The summed E-state index contributed by atoms with van der Waals surface area (Å²) in [5.41, 5.74) is 6.55. The molecule has 2 N–H and O–H groups in total. The first-order valence-corrected chi connectivity index (χ1v) is 4.70. The van der Waals surface area contributed by atoms with Crippen LogP contribution in [0.2, 0.25) is 0 Å². The second kappa shape index (κ2) is 3.79. The lowest BCUT2D eigenvalue weighted by molar-refractivity contribution is -0.139. The molecule has 86 valence electrons. The third-order valence-corrected chi connectivity index (χ3v) is 2.24. The van der Waals surface area contributed by atoms with Gasteiger partial charge in [-0.15, -0.1) is 0 Å². The van der Waals surface area contributed by atoms with E-state index in [1.165, 1.54) is 12.4 Å². The van der Waals surface area contributed by atoms with E-state index < -0.39 is 12.7 Å². The zero-order valence-corrected chi connectivity index (χ0v) is 8.33. The monoisotopic (exact) mass is 229 g/mol. The number of nitrogens with zero attached hydrogens (tertiary/aromatic N) is 2. The van der Waals surface area contributed by atoms with Crippen LogP contribution < -0.4 is 5.73 Å². The molecule has 0 aliphatic rings. The summed E-state index contributed by atoms with van der Waals surface area (Å²) in [6, 6.07) is 3.35. The maximum absolute atomic E-state index is 12.2. The quantitative estimate of drug-likeness (QED) is 0.856. The Bertz CT molecular complexity index is 501. The van der Waals surface area contributed by atoms with Crippen LogP contribution in [0.25, 0.3) is 11.0 Å². The van der Waals surface area contributed by atoms with Crippen LogP contribution in [-0.2, 0) is 13.1 Å². The normalized spacial score (nSPS) is 12.2. The summed E-state index contributed by atoms with van der Waals surface area (Å²) in [6.45, 7) is -0.696. The molecule has 0 saturated heterocycles. The van der Waals surface area contributed by atoms with Crippen molar-refractivity contribution in [1.29, 1.82) is 0 Å². The Balaban J connectivity index is 2.42. The van der Waals surface area contributed by atoms with Crippen molar-refractivity contribution in [3.63, 3.8) is 0 Å². The van der Waals surface area contributed by atoms with Crippen LogP contribution in [0.3, 0.4) is 0 Å². The number of pyridine rings is 1. The van der Waals surface area contributed by atoms with E-state index in [0.29, 0.717) is 17.6 Å². The van der Waals surface area contributed by atoms with Crippen molar-refractivity contribution >= 4 is 11.0 Å². The molecular weight excluding hydrogens is 219 g/mol. The van der Waals surface area contributed by atoms with Crippen molar-refractivity contribution < 1.29 is 13.2 Å². The molecule has 0 saturated carbocycles. The molecule has 0 aliphatic heterocycles. The van der Waals surface area contributed by atoms with Crippen LogP contribution in [-0.4, -0.2) is 15.7 Å². The Morgan fingerprint density at radius 3 is 2.75 bits per heavy atom. The van der Waals surface area contributed by atoms with Gasteiger partial charge in [0.1, 0.15) is 12.2 Å². The van der Waals surface area contributed by atoms with Crippen molar-refractivity contribution in [2.45, 2.75) is 19.3 Å². The zero-order chi connectivity index (χ0) is 11.8. The molecule has 0 unspecified atom stereocenters. The summed E-state index contributed by atoms with van der Waals surface area (Å²) < 4.78 is 37.7. The van der Waals surface area contributed by atoms with Crippen LogP contribution in [0.4, 0.5) is 13.2 Å². The predicted octanol–water partition coefficient (Wildman–Crippen LogP) is 2.06. The molecule has 6 heteroatoms. The Labute approximate surface area is 89.7 Å². The van der Waals surface area contributed by atoms with Crippen LogP contribution in [0, 0.1) is 0 Å². The molecule has 0 aliphatic carbocycles. The number of rotatable bonds is 2. The summed E-state index contributed by atoms with van der Waals surface area (Å²) in [5.74, 6) is 0. The number of alkyl halides is 3. The topological polar surface area (TPSA) is 43.8 Å². The molecule has 0 bridgehead atoms. The van der Waals surface area contributed by atoms with Gasteiger partial charge in [0, 0.05) is 24.3 Å². The van der Waals surface area contributed by atoms with Gasteiger partial charge in [0.2, 0.25) is 0 Å². The molecule has 0 fully saturated rings. The zero-order valence-electron chi connectivity index (χ0n) is 8.33. The van der Waals surface area contributed by atoms with Gasteiger partial charge in [0.05, 0.1) is 0 Å². The van der Waals surface area contributed by atoms with Gasteiger partial charge in [-0.25, -0.2) is 4.98 Å². The number of nitrogens with two attached hydrogens (primary N) is 1. The average molecular weight is 229 g/mol. The van der Waals surface area contributed by atoms with E-state index >= 15 is 0 Å². The third kappa shape index (κ3) is 2.16. The molecular formula is C10H10F3N3. The lowest BCUT2D eigenvalue weighted by Gasteiger charge is -2.08. The van der Waals surface area contributed by atoms with Crippen molar-refractivity contribution in [2.75, 3.05) is 0 Å². The van der Waals surface area contributed by atoms with Crippen molar-refractivity contribution in [1.82, 2.24) is 9.55 Å². The highest BCUT2D eigenvalue weighted by atomic mass is 19.4. The van der Waals surface area contributed by atoms with Gasteiger partial charge in [-0.2, -0.15) is 13.2 Å². The Kier molecular flexibility index (Phi) is 2.59. The molecule has 0 spiro atoms. The van der Waals surface area contributed by atoms with Crippen molar-refractivity contribution in [2.24, 2.45) is 5.73 Å². The third-order valence-electron chi connectivity index (χ3n) is 2.24. The first-order chi connectivity index (χ1) is 7.49. The number of hydrogen-bond acceptors (Lipinski definition) is 2. The first-order valence-electron chi connectivity index (χ1n) is 4.70. The van der Waals surface area contributed by atoms with Crippen molar-refractivity contribution in [3.05, 3.63) is 30.1 Å². The standard InChI is InChI=1S/C10H10F3N3/c11-10(12,13)6-16-2-1-8-3-7(4-14)5-15-9(8)16/h1-3,5H,4,6,14H2. The van der Waals surface area contributed by atoms with Crippen LogP contribution in [0.1, 0.15) is 5.56 Å². The summed E-state index contributed by atoms with van der Waals surface area (Å²) in [5, 5.41) is 0.673. The molecule has 2 rings (SSSR count). The fraction of sp³-hybridized carbons (Fsp3) is 0.300. The fourth-order valence-electron chi connectivity index (χ4n) is 1.56. The van der Waals surface area contributed by atoms with Crippen LogP contribution in [0.5, 0.6) is 0 Å². The van der Waals surface area contributed by atoms with Gasteiger partial charge in [-0.1, -0.05) is 0 Å². The summed E-state index contributed by atoms with van der Waals surface area (Å²) in [4.78, 5) is 3.98. The number of aromatic nitrogens is 2. The summed E-state index contributed by atoms with van der Waals surface area (Å²) in [6.07, 6.45) is -1.36. The Morgan fingerprint density at radius 1 is 1.38 bits per heavy atom. The lowest BCUT2D eigenvalue weighted by Crippen LogP contribution is -2.17. The van der Waals surface area contributed by atoms with Crippen LogP contribution >= 0.6 is 0 Å². The Hall–Kier alpha value is -1.56. The molecule has 2 aromatic rings. The molecule has 0 amide bonds. The van der Waals surface area contributed by atoms with E-state index in [0.717, 1.165) is 10.1 Å². The van der Waals surface area contributed by atoms with E-state index in [9.17, 15) is 13.2 Å². The number of hydrogen-bond donors (Lipinski definition) is 1. The summed E-state index contributed by atoms with van der Waals surface area (Å²) in [7, 11) is 0. The maximum atomic E-state index is 12.2. The molecule has 16 heavy (non-hydrogen) atoms. The SMILES string of the molecule is NCc1cnc2c(ccn2CC(F)(F)F)c1. The van der Waals surface area contributed by atoms with E-state index in [1.807, 2.05) is 0 Å². The number of halogens is 3. The van der Waals surface area contributed by atoms with Gasteiger partial charge in [-0.05, 0) is 17.7 Å². The largest absolute Gasteiger partial charge is 0.406 e. The first kappa shape index (κ1) is 10.9. The van der Waals surface area contributed by atoms with Gasteiger partial charge in [0.15, 0.2) is 0 Å². The fourth-order valence-corrected chi connectivity index (χ4v) is 1.56. The second-order valence-corrected chi connectivity index (χ2v) is 3.52. The number of fused-ring (bicyclic) bond motifs is 1. The molecule has 0 aromatic carbocycles. The molecule has 0 atom stereocenters. The molecule has 0 radical (unpaired) electrons. The van der Waals surface area contributed by atoms with E-state index in [1.54, 1.807) is 12.1 Å². The van der Waals surface area contributed by atoms with Gasteiger partial charge < -0.3 is 10.3 Å².